The molecule has 1 unspecified atom stereocenters. The van der Waals surface area contributed by atoms with Crippen LogP contribution in [0.3, 0.4) is 0 Å². The highest BCUT2D eigenvalue weighted by molar-refractivity contribution is 5.71. The lowest BCUT2D eigenvalue weighted by Crippen LogP contribution is -2.30. The summed E-state index contributed by atoms with van der Waals surface area (Å²) >= 11 is 0. The molecule has 374 valence electrons. The molecule has 0 saturated carbocycles. The molecule has 0 radical (unpaired) electrons. The van der Waals surface area contributed by atoms with Crippen LogP contribution in [0.15, 0.2) is 72.9 Å². The van der Waals surface area contributed by atoms with Crippen LogP contribution in [-0.4, -0.2) is 37.2 Å². The van der Waals surface area contributed by atoms with E-state index < -0.39 is 6.10 Å². The van der Waals surface area contributed by atoms with Crippen molar-refractivity contribution in [1.82, 2.24) is 0 Å². The Kier molecular flexibility index (Phi) is 50.9. The van der Waals surface area contributed by atoms with Crippen LogP contribution >= 0.6 is 0 Å². The molecule has 0 aliphatic rings. The van der Waals surface area contributed by atoms with Crippen molar-refractivity contribution in [3.05, 3.63) is 72.9 Å². The average Bonchev–Trinajstić information content (AvgIpc) is 3.30. The summed E-state index contributed by atoms with van der Waals surface area (Å²) in [5, 5.41) is 0. The van der Waals surface area contributed by atoms with E-state index in [-0.39, 0.29) is 37.5 Å². The molecule has 0 saturated heterocycles. The first kappa shape index (κ1) is 61.9. The fourth-order valence-corrected chi connectivity index (χ4v) is 7.70. The number of rotatable bonds is 49. The molecule has 1 atom stereocenters. The molecule has 0 fully saturated rings. The van der Waals surface area contributed by atoms with Gasteiger partial charge in [-0.05, 0) is 57.8 Å². The fraction of sp³-hybridized carbons (Fsp3) is 0.746. The summed E-state index contributed by atoms with van der Waals surface area (Å²) in [4.78, 5) is 38.0. The van der Waals surface area contributed by atoms with E-state index in [0.29, 0.717) is 19.3 Å². The van der Waals surface area contributed by atoms with Crippen LogP contribution in [0.5, 0.6) is 0 Å². The maximum Gasteiger partial charge on any atom is 0.306 e. The van der Waals surface area contributed by atoms with E-state index >= 15 is 0 Å². The summed E-state index contributed by atoms with van der Waals surface area (Å²) in [6.07, 6.45) is 67.6. The van der Waals surface area contributed by atoms with E-state index in [2.05, 4.69) is 39.0 Å². The Morgan fingerprint density at radius 1 is 0.323 bits per heavy atom. The zero-order valence-electron chi connectivity index (χ0n) is 42.7. The third kappa shape index (κ3) is 51.7. The first-order valence-electron chi connectivity index (χ1n) is 27.5. The van der Waals surface area contributed by atoms with Crippen LogP contribution < -0.4 is 0 Å². The lowest BCUT2D eigenvalue weighted by Gasteiger charge is -2.18. The predicted octanol–water partition coefficient (Wildman–Crippen LogP) is 18.2. The molecule has 0 heterocycles. The Morgan fingerprint density at radius 3 is 1.03 bits per heavy atom. The molecule has 0 bridgehead atoms. The highest BCUT2D eigenvalue weighted by Crippen LogP contribution is 2.16. The van der Waals surface area contributed by atoms with Gasteiger partial charge in [-0.3, -0.25) is 14.4 Å². The Labute approximate surface area is 402 Å². The number of esters is 3. The first-order valence-corrected chi connectivity index (χ1v) is 27.5. The van der Waals surface area contributed by atoms with Crippen molar-refractivity contribution in [3.63, 3.8) is 0 Å². The van der Waals surface area contributed by atoms with Gasteiger partial charge < -0.3 is 14.2 Å². The van der Waals surface area contributed by atoms with Crippen LogP contribution in [-0.2, 0) is 28.6 Å². The van der Waals surface area contributed by atoms with E-state index in [4.69, 9.17) is 14.2 Å². The molecule has 6 nitrogen and oxygen atoms in total. The molecule has 0 amide bonds. The standard InChI is InChI=1S/C59H102O6/c1-4-7-10-13-16-19-22-25-27-29-30-32-34-37-40-43-46-49-52-58(61)64-55-56(54-63-57(60)51-48-45-42-39-36-33-24-21-18-15-12-9-6-3)65-59(62)53-50-47-44-41-38-35-31-28-26-23-20-17-14-11-8-5-2/h9,12,15,18,21,24,30,32-33,36,39,42,56H,4-8,10-11,13-14,16-17,19-20,22-23,25-29,31,34-35,37-38,40-41,43-55H2,1-3H3/b12-9+,18-15+,24-21+,32-30+,36-33+,42-39+. The van der Waals surface area contributed by atoms with Gasteiger partial charge in [0.2, 0.25) is 0 Å². The van der Waals surface area contributed by atoms with E-state index in [1.54, 1.807) is 0 Å². The second-order valence-electron chi connectivity index (χ2n) is 18.2. The number of carbonyl (C=O) groups is 3. The predicted molar refractivity (Wildman–Crippen MR) is 279 cm³/mol. The second kappa shape index (κ2) is 53.5. The van der Waals surface area contributed by atoms with Gasteiger partial charge in [0.1, 0.15) is 13.2 Å². The second-order valence-corrected chi connectivity index (χ2v) is 18.2. The van der Waals surface area contributed by atoms with Crippen molar-refractivity contribution in [2.24, 2.45) is 0 Å². The van der Waals surface area contributed by atoms with E-state index in [0.717, 1.165) is 57.8 Å². The Bertz CT molecular complexity index is 1230. The maximum absolute atomic E-state index is 12.8. The summed E-state index contributed by atoms with van der Waals surface area (Å²) in [6.45, 7) is 6.44. The van der Waals surface area contributed by atoms with Crippen molar-refractivity contribution in [2.45, 2.75) is 271 Å². The van der Waals surface area contributed by atoms with Gasteiger partial charge in [-0.15, -0.1) is 0 Å². The van der Waals surface area contributed by atoms with Crippen molar-refractivity contribution >= 4 is 17.9 Å². The normalized spacial score (nSPS) is 12.6. The van der Waals surface area contributed by atoms with Crippen molar-refractivity contribution in [3.8, 4) is 0 Å². The molecular weight excluding hydrogens is 805 g/mol. The molecule has 0 aliphatic heterocycles. The highest BCUT2D eigenvalue weighted by Gasteiger charge is 2.19. The molecule has 6 heteroatoms. The van der Waals surface area contributed by atoms with Crippen LogP contribution in [0.2, 0.25) is 0 Å². The molecule has 0 aromatic rings. The third-order valence-corrected chi connectivity index (χ3v) is 11.8. The molecule has 0 aromatic heterocycles. The van der Waals surface area contributed by atoms with Crippen LogP contribution in [0.4, 0.5) is 0 Å². The zero-order valence-corrected chi connectivity index (χ0v) is 42.7. The number of ether oxygens (including phenoxy) is 3. The zero-order chi connectivity index (χ0) is 47.2. The van der Waals surface area contributed by atoms with Crippen molar-refractivity contribution in [1.29, 1.82) is 0 Å². The van der Waals surface area contributed by atoms with Gasteiger partial charge in [-0.25, -0.2) is 0 Å². The first-order chi connectivity index (χ1) is 32.0. The summed E-state index contributed by atoms with van der Waals surface area (Å²) in [5.41, 5.74) is 0. The number of allylic oxidation sites excluding steroid dienone is 12. The van der Waals surface area contributed by atoms with E-state index in [9.17, 15) is 14.4 Å². The number of hydrogen-bond acceptors (Lipinski definition) is 6. The molecule has 0 spiro atoms. The van der Waals surface area contributed by atoms with Gasteiger partial charge >= 0.3 is 17.9 Å². The summed E-state index contributed by atoms with van der Waals surface area (Å²) in [5.74, 6) is -0.977. The Balaban J connectivity index is 4.43. The highest BCUT2D eigenvalue weighted by atomic mass is 16.6. The number of hydrogen-bond donors (Lipinski definition) is 0. The Morgan fingerprint density at radius 2 is 0.631 bits per heavy atom. The number of unbranched alkanes of at least 4 members (excludes halogenated alkanes) is 30. The maximum atomic E-state index is 12.8. The summed E-state index contributed by atoms with van der Waals surface area (Å²) in [7, 11) is 0. The van der Waals surface area contributed by atoms with E-state index in [1.807, 2.05) is 54.7 Å². The minimum Gasteiger partial charge on any atom is -0.462 e. The lowest BCUT2D eigenvalue weighted by atomic mass is 10.0. The molecule has 0 aliphatic carbocycles. The van der Waals surface area contributed by atoms with Gasteiger partial charge in [0.25, 0.3) is 0 Å². The summed E-state index contributed by atoms with van der Waals surface area (Å²) < 4.78 is 16.8. The summed E-state index contributed by atoms with van der Waals surface area (Å²) in [6, 6.07) is 0. The molecule has 0 rings (SSSR count). The van der Waals surface area contributed by atoms with Gasteiger partial charge in [0.05, 0.1) is 0 Å². The smallest absolute Gasteiger partial charge is 0.306 e. The van der Waals surface area contributed by atoms with Crippen LogP contribution in [0.1, 0.15) is 265 Å². The average molecular weight is 907 g/mol. The monoisotopic (exact) mass is 907 g/mol. The largest absolute Gasteiger partial charge is 0.462 e. The number of carbonyl (C=O) groups excluding carboxylic acids is 3. The fourth-order valence-electron chi connectivity index (χ4n) is 7.70. The van der Waals surface area contributed by atoms with Gasteiger partial charge in [0, 0.05) is 19.3 Å². The lowest BCUT2D eigenvalue weighted by molar-refractivity contribution is -0.167. The van der Waals surface area contributed by atoms with Gasteiger partial charge in [0.15, 0.2) is 6.10 Å². The van der Waals surface area contributed by atoms with E-state index in [1.165, 1.54) is 161 Å². The van der Waals surface area contributed by atoms with Crippen LogP contribution in [0.25, 0.3) is 0 Å². The minimum atomic E-state index is -0.805. The quantitative estimate of drug-likeness (QED) is 0.0199. The van der Waals surface area contributed by atoms with Crippen molar-refractivity contribution in [2.75, 3.05) is 13.2 Å². The molecule has 65 heavy (non-hydrogen) atoms. The SMILES string of the molecule is CC/C=C/C=C/C=C/C=C/C=C/CCCC(=O)OCC(COC(=O)CCCCCCC/C=C/CCCCCCCCCCC)OC(=O)CCCCCCCCCCCCCCCCCC. The minimum absolute atomic E-state index is 0.100. The molecule has 0 N–H and O–H groups in total. The topological polar surface area (TPSA) is 78.9 Å². The van der Waals surface area contributed by atoms with Crippen LogP contribution in [0, 0.1) is 0 Å². The molecule has 0 aromatic carbocycles. The van der Waals surface area contributed by atoms with Gasteiger partial charge in [-0.2, -0.15) is 0 Å². The third-order valence-electron chi connectivity index (χ3n) is 11.8. The Hall–Kier alpha value is -3.15. The van der Waals surface area contributed by atoms with Gasteiger partial charge in [-0.1, -0.05) is 261 Å². The molecular formula is C59H102O6. The van der Waals surface area contributed by atoms with Crippen molar-refractivity contribution < 1.29 is 28.6 Å².